The summed E-state index contributed by atoms with van der Waals surface area (Å²) in [6.07, 6.45) is 0. The summed E-state index contributed by atoms with van der Waals surface area (Å²) >= 11 is 0. The van der Waals surface area contributed by atoms with Gasteiger partial charge in [0.15, 0.2) is 0 Å². The van der Waals surface area contributed by atoms with Gasteiger partial charge in [-0.25, -0.2) is 4.79 Å². The van der Waals surface area contributed by atoms with Crippen molar-refractivity contribution >= 4 is 5.97 Å². The van der Waals surface area contributed by atoms with E-state index in [1.165, 1.54) is 0 Å². The molecule has 0 aromatic heterocycles. The average molecular weight is 266 g/mol. The third kappa shape index (κ3) is 4.65. The molecule has 106 valence electrons. The Morgan fingerprint density at radius 2 is 1.63 bits per heavy atom. The van der Waals surface area contributed by atoms with Crippen LogP contribution in [0.25, 0.3) is 0 Å². The lowest BCUT2D eigenvalue weighted by molar-refractivity contribution is 0.0204. The fourth-order valence-corrected chi connectivity index (χ4v) is 1.99. The zero-order valence-corrected chi connectivity index (χ0v) is 11.5. The molecule has 2 N–H and O–H groups in total. The molecule has 4 nitrogen and oxygen atoms in total. The Bertz CT molecular complexity index is 367. The van der Waals surface area contributed by atoms with E-state index in [1.807, 2.05) is 19.9 Å². The molecule has 0 saturated carbocycles. The molecule has 0 amide bonds. The van der Waals surface area contributed by atoms with Gasteiger partial charge in [0.05, 0.1) is 12.2 Å². The summed E-state index contributed by atoms with van der Waals surface area (Å²) in [5, 5.41) is 18.4. The highest BCUT2D eigenvalue weighted by Gasteiger charge is 2.24. The maximum atomic E-state index is 11.8. The second kappa shape index (κ2) is 7.92. The van der Waals surface area contributed by atoms with Crippen molar-refractivity contribution in [2.24, 2.45) is 17.8 Å². The molecule has 0 fully saturated rings. The summed E-state index contributed by atoms with van der Waals surface area (Å²) < 4.78 is 5.28. The number of carbonyl (C=O) groups excluding carboxylic acids is 1. The number of hydrogen-bond acceptors (Lipinski definition) is 4. The van der Waals surface area contributed by atoms with E-state index in [-0.39, 0.29) is 43.5 Å². The van der Waals surface area contributed by atoms with Gasteiger partial charge in [0.2, 0.25) is 0 Å². The quantitative estimate of drug-likeness (QED) is 0.737. The topological polar surface area (TPSA) is 66.8 Å². The van der Waals surface area contributed by atoms with E-state index in [0.717, 1.165) is 0 Å². The van der Waals surface area contributed by atoms with Crippen LogP contribution in [0.3, 0.4) is 0 Å². The molecule has 4 heteroatoms. The maximum Gasteiger partial charge on any atom is 0.338 e. The molecule has 0 aliphatic rings. The van der Waals surface area contributed by atoms with E-state index in [0.29, 0.717) is 5.56 Å². The molecule has 0 bridgehead atoms. The molecular weight excluding hydrogens is 244 g/mol. The lowest BCUT2D eigenvalue weighted by atomic mass is 9.85. The molecule has 1 aromatic carbocycles. The molecule has 0 aliphatic heterocycles. The predicted octanol–water partition coefficient (Wildman–Crippen LogP) is 1.72. The van der Waals surface area contributed by atoms with Crippen molar-refractivity contribution in [3.05, 3.63) is 35.9 Å². The third-order valence-corrected chi connectivity index (χ3v) is 3.45. The van der Waals surface area contributed by atoms with Gasteiger partial charge < -0.3 is 14.9 Å². The summed E-state index contributed by atoms with van der Waals surface area (Å²) in [5.74, 6) is -0.472. The number of aliphatic hydroxyl groups is 2. The smallest absolute Gasteiger partial charge is 0.338 e. The summed E-state index contributed by atoms with van der Waals surface area (Å²) in [5.41, 5.74) is 0.509. The van der Waals surface area contributed by atoms with E-state index in [9.17, 15) is 15.0 Å². The number of rotatable bonds is 7. The van der Waals surface area contributed by atoms with Crippen LogP contribution in [0, 0.1) is 17.8 Å². The molecule has 0 aliphatic carbocycles. The van der Waals surface area contributed by atoms with Crippen molar-refractivity contribution in [1.82, 2.24) is 0 Å². The van der Waals surface area contributed by atoms with Crippen LogP contribution >= 0.6 is 0 Å². The minimum absolute atomic E-state index is 0.0118. The largest absolute Gasteiger partial charge is 0.462 e. The van der Waals surface area contributed by atoms with Crippen LogP contribution in [-0.2, 0) is 4.74 Å². The molecule has 0 radical (unpaired) electrons. The van der Waals surface area contributed by atoms with E-state index in [2.05, 4.69) is 0 Å². The van der Waals surface area contributed by atoms with Crippen LogP contribution in [0.4, 0.5) is 0 Å². The van der Waals surface area contributed by atoms with E-state index in [4.69, 9.17) is 4.74 Å². The van der Waals surface area contributed by atoms with Gasteiger partial charge in [-0.15, -0.1) is 0 Å². The van der Waals surface area contributed by atoms with Crippen LogP contribution in [0.5, 0.6) is 0 Å². The van der Waals surface area contributed by atoms with Gasteiger partial charge in [-0.1, -0.05) is 32.0 Å². The predicted molar refractivity (Wildman–Crippen MR) is 72.7 cm³/mol. The van der Waals surface area contributed by atoms with Gasteiger partial charge >= 0.3 is 5.97 Å². The summed E-state index contributed by atoms with van der Waals surface area (Å²) in [7, 11) is 0. The number of carbonyl (C=O) groups is 1. The van der Waals surface area contributed by atoms with Gasteiger partial charge in [-0.3, -0.25) is 0 Å². The number of aliphatic hydroxyl groups excluding tert-OH is 2. The van der Waals surface area contributed by atoms with Gasteiger partial charge in [-0.2, -0.15) is 0 Å². The second-order valence-corrected chi connectivity index (χ2v) is 4.95. The van der Waals surface area contributed by atoms with E-state index < -0.39 is 0 Å². The van der Waals surface area contributed by atoms with Crippen molar-refractivity contribution in [3.63, 3.8) is 0 Å². The molecule has 2 atom stereocenters. The third-order valence-electron chi connectivity index (χ3n) is 3.45. The highest BCUT2D eigenvalue weighted by atomic mass is 16.5. The van der Waals surface area contributed by atoms with Gasteiger partial charge in [0.25, 0.3) is 0 Å². The molecule has 0 saturated heterocycles. The van der Waals surface area contributed by atoms with Crippen molar-refractivity contribution in [2.75, 3.05) is 19.8 Å². The standard InChI is InChI=1S/C15H22O4/c1-11(8-16)14(12(2)9-17)10-19-15(18)13-6-4-3-5-7-13/h3-7,11-12,14,16-17H,8-10H2,1-2H3. The SMILES string of the molecule is CC(CO)C(COC(=O)c1ccccc1)C(C)CO. The zero-order valence-electron chi connectivity index (χ0n) is 11.5. The first-order valence-electron chi connectivity index (χ1n) is 6.54. The monoisotopic (exact) mass is 266 g/mol. The van der Waals surface area contributed by atoms with Crippen LogP contribution < -0.4 is 0 Å². The fraction of sp³-hybridized carbons (Fsp3) is 0.533. The van der Waals surface area contributed by atoms with Crippen molar-refractivity contribution in [2.45, 2.75) is 13.8 Å². The normalized spacial score (nSPS) is 15.6. The number of benzene rings is 1. The Morgan fingerprint density at radius 1 is 1.11 bits per heavy atom. The minimum atomic E-state index is -0.374. The Morgan fingerprint density at radius 3 is 2.11 bits per heavy atom. The lowest BCUT2D eigenvalue weighted by Crippen LogP contribution is -2.30. The van der Waals surface area contributed by atoms with Crippen LogP contribution in [0.1, 0.15) is 24.2 Å². The molecule has 0 heterocycles. The lowest BCUT2D eigenvalue weighted by Gasteiger charge is -2.26. The molecule has 1 rings (SSSR count). The number of hydrogen-bond donors (Lipinski definition) is 2. The van der Waals surface area contributed by atoms with Gasteiger partial charge in [0, 0.05) is 19.1 Å². The van der Waals surface area contributed by atoms with Crippen LogP contribution in [0.2, 0.25) is 0 Å². The second-order valence-electron chi connectivity index (χ2n) is 4.95. The highest BCUT2D eigenvalue weighted by Crippen LogP contribution is 2.21. The van der Waals surface area contributed by atoms with Crippen molar-refractivity contribution in [1.29, 1.82) is 0 Å². The van der Waals surface area contributed by atoms with E-state index in [1.54, 1.807) is 24.3 Å². The Balaban J connectivity index is 2.59. The highest BCUT2D eigenvalue weighted by molar-refractivity contribution is 5.89. The summed E-state index contributed by atoms with van der Waals surface area (Å²) in [4.78, 5) is 11.8. The molecule has 2 unspecified atom stereocenters. The first kappa shape index (κ1) is 15.7. The summed E-state index contributed by atoms with van der Waals surface area (Å²) in [6.45, 7) is 3.99. The average Bonchev–Trinajstić information content (AvgIpc) is 2.47. The number of ether oxygens (including phenoxy) is 1. The Hall–Kier alpha value is -1.39. The van der Waals surface area contributed by atoms with Crippen LogP contribution in [-0.4, -0.2) is 36.0 Å². The first-order chi connectivity index (χ1) is 9.10. The molecule has 19 heavy (non-hydrogen) atoms. The number of esters is 1. The molecule has 1 aromatic rings. The van der Waals surface area contributed by atoms with Gasteiger partial charge in [0.1, 0.15) is 0 Å². The van der Waals surface area contributed by atoms with Crippen molar-refractivity contribution in [3.8, 4) is 0 Å². The molecule has 0 spiro atoms. The zero-order chi connectivity index (χ0) is 14.3. The van der Waals surface area contributed by atoms with Crippen LogP contribution in [0.15, 0.2) is 30.3 Å². The van der Waals surface area contributed by atoms with Gasteiger partial charge in [-0.05, 0) is 24.0 Å². The Labute approximate surface area is 114 Å². The minimum Gasteiger partial charge on any atom is -0.462 e. The Kier molecular flexibility index (Phi) is 6.53. The summed E-state index contributed by atoms with van der Waals surface area (Å²) in [6, 6.07) is 8.79. The maximum absolute atomic E-state index is 11.8. The first-order valence-corrected chi connectivity index (χ1v) is 6.54. The molecular formula is C15H22O4. The fourth-order valence-electron chi connectivity index (χ4n) is 1.99. The van der Waals surface area contributed by atoms with E-state index >= 15 is 0 Å². The van der Waals surface area contributed by atoms with Crippen molar-refractivity contribution < 1.29 is 19.7 Å².